The molecule has 0 aromatic heterocycles. The number of carbonyl (C=O) groups is 1. The van der Waals surface area contributed by atoms with Crippen LogP contribution in [0.5, 0.6) is 5.75 Å². The third-order valence-electron chi connectivity index (χ3n) is 5.41. The number of hydrogen-bond acceptors (Lipinski definition) is 4. The Bertz CT molecular complexity index is 966. The second-order valence-corrected chi connectivity index (χ2v) is 7.27. The number of nitriles is 1. The van der Waals surface area contributed by atoms with Crippen LogP contribution >= 0.6 is 0 Å². The number of piperidine rings is 1. The van der Waals surface area contributed by atoms with Crippen LogP contribution in [0.15, 0.2) is 42.6 Å². The molecule has 0 bridgehead atoms. The lowest BCUT2D eigenvalue weighted by Gasteiger charge is -2.32. The first-order chi connectivity index (χ1) is 13.6. The molecule has 5 heteroatoms. The fourth-order valence-corrected chi connectivity index (χ4v) is 3.82. The number of benzene rings is 2. The molecule has 0 saturated carbocycles. The van der Waals surface area contributed by atoms with Gasteiger partial charge in [-0.25, -0.2) is 0 Å². The maximum atomic E-state index is 11.6. The van der Waals surface area contributed by atoms with Crippen LogP contribution in [0.25, 0.3) is 17.2 Å². The normalized spacial score (nSPS) is 16.1. The van der Waals surface area contributed by atoms with Crippen LogP contribution in [0.4, 0.5) is 0 Å². The summed E-state index contributed by atoms with van der Waals surface area (Å²) >= 11 is 0. The maximum Gasteiger partial charge on any atom is 0.219 e. The summed E-state index contributed by atoms with van der Waals surface area (Å²) in [5.41, 5.74) is 4.97. The molecule has 0 unspecified atom stereocenters. The van der Waals surface area contributed by atoms with E-state index in [1.807, 2.05) is 35.4 Å². The van der Waals surface area contributed by atoms with E-state index in [0.29, 0.717) is 5.56 Å². The fraction of sp³-hybridized carbons (Fsp3) is 0.304. The van der Waals surface area contributed by atoms with Crippen molar-refractivity contribution in [3.8, 4) is 22.9 Å². The molecule has 142 valence electrons. The van der Waals surface area contributed by atoms with E-state index in [4.69, 9.17) is 4.74 Å². The van der Waals surface area contributed by atoms with Crippen LogP contribution in [-0.2, 0) is 11.3 Å². The van der Waals surface area contributed by atoms with E-state index < -0.39 is 0 Å². The van der Waals surface area contributed by atoms with Gasteiger partial charge in [-0.15, -0.1) is 0 Å². The SMILES string of the molecule is CC(=O)N1CCC(Oc2cc(-c3cccc(C#N)c3)cc3c2CNC=C3)CC1. The molecular weight excluding hydrogens is 350 g/mol. The Morgan fingerprint density at radius 3 is 2.79 bits per heavy atom. The molecule has 2 aliphatic rings. The van der Waals surface area contributed by atoms with Crippen LogP contribution in [0, 0.1) is 11.3 Å². The molecule has 4 rings (SSSR count). The number of ether oxygens (including phenoxy) is 1. The molecular formula is C23H23N3O2. The second-order valence-electron chi connectivity index (χ2n) is 7.27. The van der Waals surface area contributed by atoms with Crippen molar-refractivity contribution in [3.63, 3.8) is 0 Å². The summed E-state index contributed by atoms with van der Waals surface area (Å²) in [6.45, 7) is 3.83. The smallest absolute Gasteiger partial charge is 0.219 e. The lowest BCUT2D eigenvalue weighted by molar-refractivity contribution is -0.130. The van der Waals surface area contributed by atoms with Gasteiger partial charge in [-0.2, -0.15) is 5.26 Å². The number of rotatable bonds is 3. The van der Waals surface area contributed by atoms with E-state index in [1.165, 1.54) is 0 Å². The van der Waals surface area contributed by atoms with Crippen molar-refractivity contribution < 1.29 is 9.53 Å². The van der Waals surface area contributed by atoms with Crippen molar-refractivity contribution in [2.75, 3.05) is 13.1 Å². The monoisotopic (exact) mass is 373 g/mol. The van der Waals surface area contributed by atoms with Crippen LogP contribution in [-0.4, -0.2) is 30.0 Å². The zero-order valence-electron chi connectivity index (χ0n) is 15.9. The van der Waals surface area contributed by atoms with E-state index in [0.717, 1.165) is 60.5 Å². The fourth-order valence-electron chi connectivity index (χ4n) is 3.82. The molecule has 1 amide bonds. The summed E-state index contributed by atoms with van der Waals surface area (Å²) in [6, 6.07) is 14.1. The van der Waals surface area contributed by atoms with Crippen molar-refractivity contribution in [2.45, 2.75) is 32.4 Å². The number of nitrogens with zero attached hydrogens (tertiary/aromatic N) is 2. The summed E-state index contributed by atoms with van der Waals surface area (Å²) in [5, 5.41) is 12.5. The summed E-state index contributed by atoms with van der Waals surface area (Å²) < 4.78 is 6.42. The van der Waals surface area contributed by atoms with Gasteiger partial charge in [0.2, 0.25) is 5.91 Å². The minimum absolute atomic E-state index is 0.103. The lowest BCUT2D eigenvalue weighted by Crippen LogP contribution is -2.40. The number of amides is 1. The molecule has 1 fully saturated rings. The number of likely N-dealkylation sites (tertiary alicyclic amines) is 1. The number of nitrogens with one attached hydrogen (secondary N) is 1. The Hall–Kier alpha value is -3.26. The van der Waals surface area contributed by atoms with Crippen LogP contribution in [0.2, 0.25) is 0 Å². The molecule has 5 nitrogen and oxygen atoms in total. The van der Waals surface area contributed by atoms with Crippen LogP contribution < -0.4 is 10.1 Å². The third-order valence-corrected chi connectivity index (χ3v) is 5.41. The second kappa shape index (κ2) is 7.77. The molecule has 2 aromatic carbocycles. The number of fused-ring (bicyclic) bond motifs is 1. The van der Waals surface area contributed by atoms with Gasteiger partial charge in [-0.1, -0.05) is 12.1 Å². The summed E-state index contributed by atoms with van der Waals surface area (Å²) in [7, 11) is 0. The summed E-state index contributed by atoms with van der Waals surface area (Å²) in [6.07, 6.45) is 5.79. The maximum absolute atomic E-state index is 11.6. The molecule has 2 heterocycles. The van der Waals surface area contributed by atoms with Gasteiger partial charge in [0.15, 0.2) is 0 Å². The van der Waals surface area contributed by atoms with Gasteiger partial charge < -0.3 is 15.0 Å². The molecule has 1 saturated heterocycles. The lowest BCUT2D eigenvalue weighted by atomic mass is 9.95. The molecule has 0 atom stereocenters. The van der Waals surface area contributed by atoms with Crippen molar-refractivity contribution in [1.29, 1.82) is 5.26 Å². The Kier molecular flexibility index (Phi) is 5.03. The van der Waals surface area contributed by atoms with Gasteiger partial charge >= 0.3 is 0 Å². The predicted octanol–water partition coefficient (Wildman–Crippen LogP) is 3.69. The van der Waals surface area contributed by atoms with E-state index in [-0.39, 0.29) is 12.0 Å². The predicted molar refractivity (Wildman–Crippen MR) is 108 cm³/mol. The molecule has 2 aromatic rings. The highest BCUT2D eigenvalue weighted by molar-refractivity contribution is 5.74. The van der Waals surface area contributed by atoms with Crippen LogP contribution in [0.1, 0.15) is 36.5 Å². The summed E-state index contributed by atoms with van der Waals surface area (Å²) in [5.74, 6) is 1.01. The molecule has 28 heavy (non-hydrogen) atoms. The molecule has 0 radical (unpaired) electrons. The highest BCUT2D eigenvalue weighted by atomic mass is 16.5. The first kappa shape index (κ1) is 18.1. The van der Waals surface area contributed by atoms with Gasteiger partial charge in [0, 0.05) is 45.0 Å². The quantitative estimate of drug-likeness (QED) is 0.891. The number of carbonyl (C=O) groups excluding carboxylic acids is 1. The Balaban J connectivity index is 1.64. The Morgan fingerprint density at radius 2 is 2.04 bits per heavy atom. The topological polar surface area (TPSA) is 65.4 Å². The highest BCUT2D eigenvalue weighted by Crippen LogP contribution is 2.34. The zero-order valence-corrected chi connectivity index (χ0v) is 15.9. The number of hydrogen-bond donors (Lipinski definition) is 1. The highest BCUT2D eigenvalue weighted by Gasteiger charge is 2.24. The largest absolute Gasteiger partial charge is 0.490 e. The Morgan fingerprint density at radius 1 is 1.21 bits per heavy atom. The van der Waals surface area contributed by atoms with Gasteiger partial charge in [-0.3, -0.25) is 4.79 Å². The van der Waals surface area contributed by atoms with Crippen molar-refractivity contribution in [3.05, 3.63) is 59.3 Å². The zero-order chi connectivity index (χ0) is 19.5. The average Bonchev–Trinajstić information content (AvgIpc) is 2.74. The van der Waals surface area contributed by atoms with Crippen molar-refractivity contribution in [2.24, 2.45) is 0 Å². The van der Waals surface area contributed by atoms with Gasteiger partial charge in [-0.05, 0) is 53.2 Å². The molecule has 0 spiro atoms. The minimum atomic E-state index is 0.103. The molecule has 1 N–H and O–H groups in total. The molecule has 2 aliphatic heterocycles. The Labute approximate surface area is 165 Å². The standard InChI is InChI=1S/C23H23N3O2/c1-16(27)26-9-6-21(7-10-26)28-23-13-20(12-19-5-8-25-15-22(19)23)18-4-2-3-17(11-18)14-24/h2-5,8,11-13,21,25H,6-7,9-10,15H2,1H3. The molecule has 0 aliphatic carbocycles. The van der Waals surface area contributed by atoms with E-state index >= 15 is 0 Å². The average molecular weight is 373 g/mol. The third kappa shape index (κ3) is 3.72. The summed E-state index contributed by atoms with van der Waals surface area (Å²) in [4.78, 5) is 13.4. The van der Waals surface area contributed by atoms with Crippen LogP contribution in [0.3, 0.4) is 0 Å². The van der Waals surface area contributed by atoms with E-state index in [1.54, 1.807) is 6.92 Å². The minimum Gasteiger partial charge on any atom is -0.490 e. The first-order valence-corrected chi connectivity index (χ1v) is 9.63. The van der Waals surface area contributed by atoms with Gasteiger partial charge in [0.25, 0.3) is 0 Å². The van der Waals surface area contributed by atoms with E-state index in [2.05, 4.69) is 29.6 Å². The van der Waals surface area contributed by atoms with Gasteiger partial charge in [0.1, 0.15) is 11.9 Å². The first-order valence-electron chi connectivity index (χ1n) is 9.63. The van der Waals surface area contributed by atoms with E-state index in [9.17, 15) is 10.1 Å². The van der Waals surface area contributed by atoms with Crippen molar-refractivity contribution >= 4 is 12.0 Å². The van der Waals surface area contributed by atoms with Crippen molar-refractivity contribution in [1.82, 2.24) is 10.2 Å². The van der Waals surface area contributed by atoms with Gasteiger partial charge in [0.05, 0.1) is 11.6 Å².